The largest absolute Gasteiger partial charge is 0.181 e. The van der Waals surface area contributed by atoms with Gasteiger partial charge in [0.05, 0.1) is 7.57 Å². The van der Waals surface area contributed by atoms with Crippen LogP contribution in [0.15, 0.2) is 62.3 Å². The van der Waals surface area contributed by atoms with E-state index < -0.39 is 0 Å². The molecule has 2 aliphatic heterocycles. The van der Waals surface area contributed by atoms with Crippen molar-refractivity contribution in [1.29, 1.82) is 0 Å². The van der Waals surface area contributed by atoms with Crippen molar-refractivity contribution < 1.29 is 0 Å². The van der Waals surface area contributed by atoms with E-state index in [-0.39, 0.29) is 21.8 Å². The van der Waals surface area contributed by atoms with E-state index in [0.717, 1.165) is 0 Å². The number of allylic oxidation sites excluding steroid dienone is 6. The maximum absolute atomic E-state index is 3.78. The van der Waals surface area contributed by atoms with Crippen LogP contribution in [0.1, 0.15) is 13.8 Å². The first-order chi connectivity index (χ1) is 9.09. The average molecular weight is 438 g/mol. The van der Waals surface area contributed by atoms with Crippen LogP contribution in [-0.4, -0.2) is 0 Å². The quantitative estimate of drug-likeness (QED) is 0.464. The van der Waals surface area contributed by atoms with Gasteiger partial charge >= 0.3 is 0 Å². The highest BCUT2D eigenvalue weighted by molar-refractivity contribution is 9.12. The number of hydrogen-bond acceptors (Lipinski definition) is 1. The molecule has 0 aromatic carbocycles. The summed E-state index contributed by atoms with van der Waals surface area (Å²) in [6.07, 6.45) is 8.88. The number of hydrogen-bond donors (Lipinski definition) is 2. The van der Waals surface area contributed by atoms with Crippen molar-refractivity contribution in [1.82, 2.24) is 0 Å². The first kappa shape index (κ1) is 14.3. The summed E-state index contributed by atoms with van der Waals surface area (Å²) in [6, 6.07) is 0. The van der Waals surface area contributed by atoms with Gasteiger partial charge in [-0.15, -0.1) is 11.3 Å². The fraction of sp³-hybridized carbons (Fsp3) is 0.143. The van der Waals surface area contributed by atoms with Gasteiger partial charge in [0.15, 0.2) is 0 Å². The Hall–Kier alpha value is 0.320. The van der Waals surface area contributed by atoms with Crippen molar-refractivity contribution >= 4 is 65.0 Å². The number of rotatable bonds is 2. The highest BCUT2D eigenvalue weighted by Gasteiger charge is 2.26. The van der Waals surface area contributed by atoms with Crippen LogP contribution in [0.4, 0.5) is 0 Å². The van der Waals surface area contributed by atoms with Crippen LogP contribution in [0, 0.1) is 0 Å². The Labute approximate surface area is 140 Å². The van der Waals surface area contributed by atoms with Crippen molar-refractivity contribution in [2.24, 2.45) is 0 Å². The molecule has 2 unspecified atom stereocenters. The molecule has 0 nitrogen and oxygen atoms in total. The number of thiophene rings is 1. The summed E-state index contributed by atoms with van der Waals surface area (Å²) in [4.78, 5) is 6.00. The molecule has 19 heavy (non-hydrogen) atoms. The zero-order valence-electron chi connectivity index (χ0n) is 10.5. The molecular formula is C14H14Br2S3. The molecule has 3 rings (SSSR count). The van der Waals surface area contributed by atoms with E-state index in [9.17, 15) is 0 Å². The van der Waals surface area contributed by atoms with E-state index in [1.54, 1.807) is 0 Å². The first-order valence-corrected chi connectivity index (χ1v) is 11.1. The molecule has 0 bridgehead atoms. The summed E-state index contributed by atoms with van der Waals surface area (Å²) in [5, 5.41) is 4.73. The van der Waals surface area contributed by atoms with Gasteiger partial charge in [0.2, 0.25) is 0 Å². The third-order valence-corrected chi connectivity index (χ3v) is 11.4. The third kappa shape index (κ3) is 2.48. The molecule has 2 atom stereocenters. The van der Waals surface area contributed by atoms with E-state index in [2.05, 4.69) is 80.8 Å². The fourth-order valence-corrected chi connectivity index (χ4v) is 11.4. The van der Waals surface area contributed by atoms with Crippen LogP contribution >= 0.6 is 65.0 Å². The lowest BCUT2D eigenvalue weighted by molar-refractivity contribution is 1.28. The van der Waals surface area contributed by atoms with Gasteiger partial charge in [-0.3, -0.25) is 0 Å². The second-order valence-corrected chi connectivity index (χ2v) is 12.4. The zero-order chi connectivity index (χ0) is 13.6. The summed E-state index contributed by atoms with van der Waals surface area (Å²) < 4.78 is 2.57. The highest BCUT2D eigenvalue weighted by atomic mass is 79.9. The monoisotopic (exact) mass is 436 g/mol. The molecule has 102 valence electrons. The van der Waals surface area contributed by atoms with Gasteiger partial charge in [0.25, 0.3) is 0 Å². The minimum Gasteiger partial charge on any atom is -0.181 e. The predicted molar refractivity (Wildman–Crippen MR) is 100 cm³/mol. The lowest BCUT2D eigenvalue weighted by atomic mass is 10.5. The van der Waals surface area contributed by atoms with Gasteiger partial charge in [0, 0.05) is 9.79 Å². The third-order valence-electron chi connectivity index (χ3n) is 3.16. The summed E-state index contributed by atoms with van der Waals surface area (Å²) in [6.45, 7) is 4.49. The Morgan fingerprint density at radius 1 is 0.842 bits per heavy atom. The van der Waals surface area contributed by atoms with Gasteiger partial charge in [-0.05, 0) is 66.3 Å². The topological polar surface area (TPSA) is 0 Å². The highest BCUT2D eigenvalue weighted by Crippen LogP contribution is 2.64. The van der Waals surface area contributed by atoms with Gasteiger partial charge in [-0.1, -0.05) is 24.3 Å². The van der Waals surface area contributed by atoms with E-state index in [1.807, 2.05) is 11.3 Å². The van der Waals surface area contributed by atoms with Gasteiger partial charge in [-0.25, -0.2) is 0 Å². The summed E-state index contributed by atoms with van der Waals surface area (Å²) in [5.74, 6) is 0. The van der Waals surface area contributed by atoms with Crippen LogP contribution in [-0.2, 0) is 0 Å². The van der Waals surface area contributed by atoms with E-state index in [0.29, 0.717) is 0 Å². The Kier molecular flexibility index (Phi) is 4.21. The van der Waals surface area contributed by atoms with Crippen LogP contribution < -0.4 is 0 Å². The van der Waals surface area contributed by atoms with Crippen molar-refractivity contribution in [2.75, 3.05) is 0 Å². The minimum atomic E-state index is -0.288. The normalized spacial score (nSPS) is 28.8. The number of thiol groups is 2. The van der Waals surface area contributed by atoms with Crippen LogP contribution in [0.2, 0.25) is 0 Å². The molecule has 1 aromatic rings. The molecule has 0 saturated heterocycles. The molecule has 0 amide bonds. The maximum Gasteiger partial charge on any atom is 0.0846 e. The summed E-state index contributed by atoms with van der Waals surface area (Å²) in [5.41, 5.74) is 0. The lowest BCUT2D eigenvalue weighted by Gasteiger charge is -2.23. The van der Waals surface area contributed by atoms with E-state index >= 15 is 0 Å². The van der Waals surface area contributed by atoms with Crippen molar-refractivity contribution in [3.05, 3.63) is 52.5 Å². The van der Waals surface area contributed by atoms with E-state index in [4.69, 9.17) is 0 Å². The van der Waals surface area contributed by atoms with Gasteiger partial charge < -0.3 is 0 Å². The maximum atomic E-state index is 3.78. The van der Waals surface area contributed by atoms with Crippen LogP contribution in [0.3, 0.4) is 0 Å². The summed E-state index contributed by atoms with van der Waals surface area (Å²) >= 11 is 9.38. The molecule has 2 aliphatic rings. The zero-order valence-corrected chi connectivity index (χ0v) is 16.3. The van der Waals surface area contributed by atoms with Crippen LogP contribution in [0.25, 0.3) is 0 Å². The Bertz CT molecular complexity index is 595. The smallest absolute Gasteiger partial charge is 0.0846 e. The Morgan fingerprint density at radius 2 is 1.26 bits per heavy atom. The molecule has 0 N–H and O–H groups in total. The van der Waals surface area contributed by atoms with Crippen molar-refractivity contribution in [2.45, 2.75) is 23.6 Å². The molecule has 5 heteroatoms. The lowest BCUT2D eigenvalue weighted by Crippen LogP contribution is -1.85. The summed E-state index contributed by atoms with van der Waals surface area (Å²) in [7, 11) is -0.576. The number of halogens is 2. The molecule has 0 aliphatic carbocycles. The Morgan fingerprint density at radius 3 is 1.58 bits per heavy atom. The second-order valence-electron chi connectivity index (χ2n) is 4.39. The molecular weight excluding hydrogens is 424 g/mol. The molecule has 3 heterocycles. The van der Waals surface area contributed by atoms with Gasteiger partial charge in [-0.2, -0.15) is 21.8 Å². The average Bonchev–Trinajstić information content (AvgIpc) is 3.00. The van der Waals surface area contributed by atoms with E-state index in [1.165, 1.54) is 27.2 Å². The minimum absolute atomic E-state index is 0.288. The molecule has 0 radical (unpaired) electrons. The molecule has 0 saturated carbocycles. The van der Waals surface area contributed by atoms with Gasteiger partial charge in [0.1, 0.15) is 0 Å². The van der Waals surface area contributed by atoms with Crippen molar-refractivity contribution in [3.8, 4) is 0 Å². The first-order valence-electron chi connectivity index (χ1n) is 5.86. The molecule has 0 spiro atoms. The predicted octanol–water partition coefficient (Wildman–Crippen LogP) is 6.86. The fourth-order valence-electron chi connectivity index (χ4n) is 2.21. The Balaban J connectivity index is 2.15. The van der Waals surface area contributed by atoms with Crippen molar-refractivity contribution in [3.63, 3.8) is 0 Å². The molecule has 1 aromatic heterocycles. The standard InChI is InChI=1S/C14H14Br2S3/c1-9-5-3-7-18(9)11-12(14(16)17-13(11)15)19-8-4-6-10(19)2/h3-8,18-19H,1-2H3. The second kappa shape index (κ2) is 5.60. The molecule has 0 fully saturated rings. The van der Waals surface area contributed by atoms with Crippen LogP contribution in [0.5, 0.6) is 0 Å². The SMILES string of the molecule is CC1=CC=C[SH]1c1c(Br)sc(Br)c1[SH]1C=CC=C1C.